The summed E-state index contributed by atoms with van der Waals surface area (Å²) in [6.45, 7) is 6.42. The van der Waals surface area contributed by atoms with Gasteiger partial charge in [0, 0.05) is 19.5 Å². The Balaban J connectivity index is 2.24. The molecule has 0 aromatic heterocycles. The number of hydrogen-bond acceptors (Lipinski definition) is 3. The van der Waals surface area contributed by atoms with E-state index in [2.05, 4.69) is 5.32 Å². The van der Waals surface area contributed by atoms with Gasteiger partial charge in [0.2, 0.25) is 5.91 Å². The fraction of sp³-hybridized carbons (Fsp3) is 0.533. The topological polar surface area (TPSA) is 41.6 Å². The van der Waals surface area contributed by atoms with E-state index in [9.17, 15) is 4.79 Å². The summed E-state index contributed by atoms with van der Waals surface area (Å²) in [7, 11) is 0. The lowest BCUT2D eigenvalue weighted by Crippen LogP contribution is -2.40. The first-order chi connectivity index (χ1) is 9.18. The minimum Gasteiger partial charge on any atom is -0.489 e. The minimum absolute atomic E-state index is 0.101. The number of nitrogens with zero attached hydrogens (tertiary/aromatic N) is 1. The van der Waals surface area contributed by atoms with E-state index in [4.69, 9.17) is 4.74 Å². The fourth-order valence-electron chi connectivity index (χ4n) is 2.23. The number of carbonyl (C=O) groups excluding carboxylic acids is 1. The van der Waals surface area contributed by atoms with Gasteiger partial charge >= 0.3 is 0 Å². The van der Waals surface area contributed by atoms with Crippen molar-refractivity contribution in [1.82, 2.24) is 5.32 Å². The first-order valence-electron chi connectivity index (χ1n) is 6.95. The van der Waals surface area contributed by atoms with Crippen LogP contribution < -0.4 is 15.0 Å². The molecule has 4 heteroatoms. The number of ether oxygens (including phenoxy) is 1. The van der Waals surface area contributed by atoms with E-state index in [0.717, 1.165) is 30.9 Å². The number of amides is 1. The summed E-state index contributed by atoms with van der Waals surface area (Å²) < 4.78 is 5.80. The van der Waals surface area contributed by atoms with Crippen LogP contribution in [0.15, 0.2) is 24.3 Å². The quantitative estimate of drug-likeness (QED) is 0.908. The van der Waals surface area contributed by atoms with Crippen LogP contribution in [-0.2, 0) is 4.79 Å². The van der Waals surface area contributed by atoms with Crippen LogP contribution in [0.25, 0.3) is 0 Å². The van der Waals surface area contributed by atoms with Crippen LogP contribution in [-0.4, -0.2) is 31.6 Å². The molecule has 4 nitrogen and oxygen atoms in total. The van der Waals surface area contributed by atoms with E-state index >= 15 is 0 Å². The van der Waals surface area contributed by atoms with Crippen molar-refractivity contribution in [2.45, 2.75) is 32.8 Å². The highest BCUT2D eigenvalue weighted by atomic mass is 16.5. The van der Waals surface area contributed by atoms with Gasteiger partial charge in [0.05, 0.1) is 11.8 Å². The summed E-state index contributed by atoms with van der Waals surface area (Å²) in [5.41, 5.74) is 0.880. The molecule has 1 amide bonds. The minimum atomic E-state index is 0.101. The van der Waals surface area contributed by atoms with E-state index in [-0.39, 0.29) is 12.0 Å². The summed E-state index contributed by atoms with van der Waals surface area (Å²) in [4.78, 5) is 14.1. The monoisotopic (exact) mass is 262 g/mol. The average Bonchev–Trinajstić information content (AvgIpc) is 2.35. The molecular formula is C15H22N2O2. The Morgan fingerprint density at radius 1 is 1.26 bits per heavy atom. The van der Waals surface area contributed by atoms with Crippen molar-refractivity contribution in [1.29, 1.82) is 0 Å². The lowest BCUT2D eigenvalue weighted by atomic mass is 10.2. The van der Waals surface area contributed by atoms with Crippen molar-refractivity contribution >= 4 is 11.6 Å². The third kappa shape index (κ3) is 3.70. The van der Waals surface area contributed by atoms with E-state index < -0.39 is 0 Å². The van der Waals surface area contributed by atoms with Crippen molar-refractivity contribution in [2.75, 3.05) is 24.5 Å². The molecule has 1 fully saturated rings. The van der Waals surface area contributed by atoms with Gasteiger partial charge in [-0.05, 0) is 38.9 Å². The van der Waals surface area contributed by atoms with Crippen molar-refractivity contribution in [3.05, 3.63) is 24.3 Å². The zero-order chi connectivity index (χ0) is 13.7. The number of nitrogens with one attached hydrogen (secondary N) is 1. The SMILES string of the molecule is CC(C)Oc1ccccc1N1CCNCCCC1=O. The van der Waals surface area contributed by atoms with Crippen LogP contribution in [0.4, 0.5) is 5.69 Å². The molecule has 0 atom stereocenters. The lowest BCUT2D eigenvalue weighted by molar-refractivity contribution is -0.118. The molecule has 0 saturated carbocycles. The Kier molecular flexibility index (Phi) is 4.80. The summed E-state index contributed by atoms with van der Waals surface area (Å²) in [5.74, 6) is 0.965. The predicted molar refractivity (Wildman–Crippen MR) is 76.7 cm³/mol. The summed E-state index contributed by atoms with van der Waals surface area (Å²) in [6.07, 6.45) is 1.58. The second-order valence-electron chi connectivity index (χ2n) is 5.03. The van der Waals surface area contributed by atoms with E-state index in [0.29, 0.717) is 13.0 Å². The van der Waals surface area contributed by atoms with Crippen LogP contribution in [0.3, 0.4) is 0 Å². The normalized spacial score (nSPS) is 17.2. The van der Waals surface area contributed by atoms with Crippen molar-refractivity contribution in [3.63, 3.8) is 0 Å². The van der Waals surface area contributed by atoms with Gasteiger partial charge in [-0.2, -0.15) is 0 Å². The molecule has 0 spiro atoms. The van der Waals surface area contributed by atoms with Crippen LogP contribution in [0.1, 0.15) is 26.7 Å². The Labute approximate surface area is 114 Å². The van der Waals surface area contributed by atoms with Crippen molar-refractivity contribution < 1.29 is 9.53 Å². The van der Waals surface area contributed by atoms with Gasteiger partial charge in [-0.25, -0.2) is 0 Å². The third-order valence-corrected chi connectivity index (χ3v) is 3.08. The molecule has 0 unspecified atom stereocenters. The van der Waals surface area contributed by atoms with E-state index in [1.165, 1.54) is 0 Å². The summed E-state index contributed by atoms with van der Waals surface area (Å²) >= 11 is 0. The number of benzene rings is 1. The molecular weight excluding hydrogens is 240 g/mol. The molecule has 2 rings (SSSR count). The molecule has 1 aromatic rings. The Morgan fingerprint density at radius 2 is 2.05 bits per heavy atom. The number of rotatable bonds is 3. The van der Waals surface area contributed by atoms with Crippen molar-refractivity contribution in [3.8, 4) is 5.75 Å². The van der Waals surface area contributed by atoms with Gasteiger partial charge in [0.15, 0.2) is 0 Å². The van der Waals surface area contributed by atoms with Crippen LogP contribution >= 0.6 is 0 Å². The third-order valence-electron chi connectivity index (χ3n) is 3.08. The zero-order valence-corrected chi connectivity index (χ0v) is 11.7. The highest BCUT2D eigenvalue weighted by Crippen LogP contribution is 2.29. The summed E-state index contributed by atoms with van der Waals surface area (Å²) in [6, 6.07) is 7.77. The fourth-order valence-corrected chi connectivity index (χ4v) is 2.23. The molecule has 1 N–H and O–H groups in total. The predicted octanol–water partition coefficient (Wildman–Crippen LogP) is 2.19. The number of carbonyl (C=O) groups is 1. The molecule has 0 aliphatic carbocycles. The molecule has 19 heavy (non-hydrogen) atoms. The zero-order valence-electron chi connectivity index (χ0n) is 11.7. The molecule has 1 saturated heterocycles. The van der Waals surface area contributed by atoms with Gasteiger partial charge in [-0.15, -0.1) is 0 Å². The standard InChI is InChI=1S/C15H22N2O2/c1-12(2)19-14-7-4-3-6-13(14)17-11-10-16-9-5-8-15(17)18/h3-4,6-7,12,16H,5,8-11H2,1-2H3. The Bertz CT molecular complexity index is 432. The maximum Gasteiger partial charge on any atom is 0.227 e. The average molecular weight is 262 g/mol. The maximum atomic E-state index is 12.2. The van der Waals surface area contributed by atoms with Crippen LogP contribution in [0.2, 0.25) is 0 Å². The molecule has 1 heterocycles. The molecule has 1 aromatic carbocycles. The van der Waals surface area contributed by atoms with Gasteiger partial charge in [-0.3, -0.25) is 4.79 Å². The highest BCUT2D eigenvalue weighted by Gasteiger charge is 2.20. The lowest BCUT2D eigenvalue weighted by Gasteiger charge is -2.27. The van der Waals surface area contributed by atoms with Gasteiger partial charge < -0.3 is 15.0 Å². The smallest absolute Gasteiger partial charge is 0.227 e. The first kappa shape index (κ1) is 13.9. The van der Waals surface area contributed by atoms with E-state index in [1.54, 1.807) is 0 Å². The Morgan fingerprint density at radius 3 is 2.84 bits per heavy atom. The number of para-hydroxylation sites is 2. The number of anilines is 1. The molecule has 1 aliphatic heterocycles. The van der Waals surface area contributed by atoms with Crippen LogP contribution in [0, 0.1) is 0 Å². The first-order valence-corrected chi connectivity index (χ1v) is 6.95. The molecule has 1 aliphatic rings. The maximum absolute atomic E-state index is 12.2. The Hall–Kier alpha value is -1.55. The molecule has 0 radical (unpaired) electrons. The second kappa shape index (κ2) is 6.57. The van der Waals surface area contributed by atoms with Crippen molar-refractivity contribution in [2.24, 2.45) is 0 Å². The van der Waals surface area contributed by atoms with Gasteiger partial charge in [-0.1, -0.05) is 12.1 Å². The van der Waals surface area contributed by atoms with E-state index in [1.807, 2.05) is 43.0 Å². The number of hydrogen-bond donors (Lipinski definition) is 1. The largest absolute Gasteiger partial charge is 0.489 e. The molecule has 0 bridgehead atoms. The second-order valence-corrected chi connectivity index (χ2v) is 5.03. The molecule has 104 valence electrons. The van der Waals surface area contributed by atoms with Gasteiger partial charge in [0.25, 0.3) is 0 Å². The van der Waals surface area contributed by atoms with Gasteiger partial charge in [0.1, 0.15) is 5.75 Å². The van der Waals surface area contributed by atoms with Crippen LogP contribution in [0.5, 0.6) is 5.75 Å². The highest BCUT2D eigenvalue weighted by molar-refractivity contribution is 5.94. The summed E-state index contributed by atoms with van der Waals surface area (Å²) in [5, 5.41) is 3.33.